The molecule has 100 valence electrons. The Balaban J connectivity index is 1.63. The summed E-state index contributed by atoms with van der Waals surface area (Å²) in [5.74, 6) is 0.243. The molecule has 0 saturated carbocycles. The number of amides is 2. The predicted molar refractivity (Wildman–Crippen MR) is 71.1 cm³/mol. The van der Waals surface area contributed by atoms with E-state index in [1.165, 1.54) is 11.1 Å². The van der Waals surface area contributed by atoms with Crippen molar-refractivity contribution in [3.63, 3.8) is 0 Å². The molecule has 0 aliphatic carbocycles. The van der Waals surface area contributed by atoms with Crippen LogP contribution in [0.4, 0.5) is 0 Å². The highest BCUT2D eigenvalue weighted by Crippen LogP contribution is 2.23. The zero-order chi connectivity index (χ0) is 13.4. The van der Waals surface area contributed by atoms with Crippen molar-refractivity contribution >= 4 is 11.8 Å². The van der Waals surface area contributed by atoms with Crippen LogP contribution in [0.15, 0.2) is 24.3 Å². The highest BCUT2D eigenvalue weighted by atomic mass is 16.2. The number of carbonyl (C=O) groups is 2. The minimum absolute atomic E-state index is 0.0543. The van der Waals surface area contributed by atoms with Crippen molar-refractivity contribution < 1.29 is 9.59 Å². The SMILES string of the molecule is C[C@H]1CCN(CC(=O)N2Cc3ccccc3C2)C1=O. The summed E-state index contributed by atoms with van der Waals surface area (Å²) >= 11 is 0. The number of likely N-dealkylation sites (tertiary alicyclic amines) is 1. The molecule has 0 aromatic heterocycles. The van der Waals surface area contributed by atoms with Gasteiger partial charge >= 0.3 is 0 Å². The molecule has 4 heteroatoms. The molecule has 19 heavy (non-hydrogen) atoms. The lowest BCUT2D eigenvalue weighted by molar-refractivity contribution is -0.139. The Kier molecular flexibility index (Phi) is 3.01. The van der Waals surface area contributed by atoms with Gasteiger partial charge in [0.15, 0.2) is 0 Å². The molecule has 1 aromatic carbocycles. The number of rotatable bonds is 2. The van der Waals surface area contributed by atoms with Crippen LogP contribution < -0.4 is 0 Å². The molecule has 1 saturated heterocycles. The molecular formula is C15H18N2O2. The second-order valence-electron chi connectivity index (χ2n) is 5.47. The van der Waals surface area contributed by atoms with E-state index in [0.717, 1.165) is 6.42 Å². The Hall–Kier alpha value is -1.84. The smallest absolute Gasteiger partial charge is 0.242 e. The van der Waals surface area contributed by atoms with Crippen molar-refractivity contribution in [1.29, 1.82) is 0 Å². The van der Waals surface area contributed by atoms with Crippen molar-refractivity contribution in [1.82, 2.24) is 9.80 Å². The van der Waals surface area contributed by atoms with E-state index >= 15 is 0 Å². The summed E-state index contributed by atoms with van der Waals surface area (Å²) in [7, 11) is 0. The maximum absolute atomic E-state index is 12.3. The van der Waals surface area contributed by atoms with E-state index in [1.54, 1.807) is 4.90 Å². The van der Waals surface area contributed by atoms with Gasteiger partial charge in [-0.15, -0.1) is 0 Å². The molecule has 4 nitrogen and oxygen atoms in total. The number of fused-ring (bicyclic) bond motifs is 1. The van der Waals surface area contributed by atoms with Gasteiger partial charge in [0, 0.05) is 25.6 Å². The first-order valence-corrected chi connectivity index (χ1v) is 6.78. The fourth-order valence-electron chi connectivity index (χ4n) is 2.82. The molecule has 2 aliphatic rings. The first-order chi connectivity index (χ1) is 9.15. The van der Waals surface area contributed by atoms with Crippen LogP contribution in [0, 0.1) is 5.92 Å². The quantitative estimate of drug-likeness (QED) is 0.804. The summed E-state index contributed by atoms with van der Waals surface area (Å²) in [6.07, 6.45) is 0.867. The van der Waals surface area contributed by atoms with E-state index in [9.17, 15) is 9.59 Å². The topological polar surface area (TPSA) is 40.6 Å². The van der Waals surface area contributed by atoms with Crippen LogP contribution in [-0.4, -0.2) is 34.7 Å². The molecule has 0 radical (unpaired) electrons. The van der Waals surface area contributed by atoms with Crippen molar-refractivity contribution in [2.75, 3.05) is 13.1 Å². The van der Waals surface area contributed by atoms with Crippen LogP contribution in [0.1, 0.15) is 24.5 Å². The number of hydrogen-bond acceptors (Lipinski definition) is 2. The van der Waals surface area contributed by atoms with Gasteiger partial charge in [-0.1, -0.05) is 31.2 Å². The van der Waals surface area contributed by atoms with Crippen molar-refractivity contribution in [2.45, 2.75) is 26.4 Å². The Morgan fingerprint density at radius 3 is 2.42 bits per heavy atom. The molecular weight excluding hydrogens is 240 g/mol. The Bertz CT molecular complexity index is 502. The number of benzene rings is 1. The van der Waals surface area contributed by atoms with E-state index in [1.807, 2.05) is 24.0 Å². The summed E-state index contributed by atoms with van der Waals surface area (Å²) in [5.41, 5.74) is 2.44. The van der Waals surface area contributed by atoms with Gasteiger partial charge in [0.05, 0.1) is 6.54 Å². The first kappa shape index (κ1) is 12.2. The van der Waals surface area contributed by atoms with Gasteiger partial charge < -0.3 is 9.80 Å². The average Bonchev–Trinajstić information content (AvgIpc) is 2.97. The molecule has 0 spiro atoms. The Morgan fingerprint density at radius 2 is 1.89 bits per heavy atom. The van der Waals surface area contributed by atoms with Crippen LogP contribution in [0.2, 0.25) is 0 Å². The van der Waals surface area contributed by atoms with E-state index in [2.05, 4.69) is 12.1 Å². The fraction of sp³-hybridized carbons (Fsp3) is 0.467. The molecule has 3 rings (SSSR count). The van der Waals surface area contributed by atoms with E-state index in [0.29, 0.717) is 19.6 Å². The van der Waals surface area contributed by atoms with Gasteiger partial charge in [-0.3, -0.25) is 9.59 Å². The summed E-state index contributed by atoms with van der Waals surface area (Å²) in [4.78, 5) is 27.6. The summed E-state index contributed by atoms with van der Waals surface area (Å²) < 4.78 is 0. The van der Waals surface area contributed by atoms with E-state index in [-0.39, 0.29) is 24.3 Å². The molecule has 1 aromatic rings. The minimum atomic E-state index is 0.0543. The second kappa shape index (κ2) is 4.68. The van der Waals surface area contributed by atoms with Gasteiger partial charge in [-0.25, -0.2) is 0 Å². The normalized spacial score (nSPS) is 21.9. The Labute approximate surface area is 113 Å². The third kappa shape index (κ3) is 2.23. The maximum Gasteiger partial charge on any atom is 0.242 e. The summed E-state index contributed by atoms with van der Waals surface area (Å²) in [6, 6.07) is 8.12. The van der Waals surface area contributed by atoms with Gasteiger partial charge in [-0.2, -0.15) is 0 Å². The van der Waals surface area contributed by atoms with Gasteiger partial charge in [0.2, 0.25) is 11.8 Å². The highest BCUT2D eigenvalue weighted by Gasteiger charge is 2.31. The van der Waals surface area contributed by atoms with Crippen LogP contribution >= 0.6 is 0 Å². The standard InChI is InChI=1S/C15H18N2O2/c1-11-6-7-16(15(11)19)10-14(18)17-8-12-4-2-3-5-13(12)9-17/h2-5,11H,6-10H2,1H3/t11-/m0/s1. The van der Waals surface area contributed by atoms with Crippen LogP contribution in [-0.2, 0) is 22.7 Å². The first-order valence-electron chi connectivity index (χ1n) is 6.78. The highest BCUT2D eigenvalue weighted by molar-refractivity contribution is 5.87. The Morgan fingerprint density at radius 1 is 1.26 bits per heavy atom. The van der Waals surface area contributed by atoms with E-state index < -0.39 is 0 Å². The van der Waals surface area contributed by atoms with E-state index in [4.69, 9.17) is 0 Å². The van der Waals surface area contributed by atoms with Gasteiger partial charge in [-0.05, 0) is 17.5 Å². The maximum atomic E-state index is 12.3. The average molecular weight is 258 g/mol. The van der Waals surface area contributed by atoms with Gasteiger partial charge in [0.1, 0.15) is 0 Å². The van der Waals surface area contributed by atoms with Crippen molar-refractivity contribution in [2.24, 2.45) is 5.92 Å². The number of carbonyl (C=O) groups excluding carboxylic acids is 2. The molecule has 2 heterocycles. The molecule has 0 bridgehead atoms. The molecule has 2 aliphatic heterocycles. The monoisotopic (exact) mass is 258 g/mol. The van der Waals surface area contributed by atoms with Crippen molar-refractivity contribution in [3.8, 4) is 0 Å². The largest absolute Gasteiger partial charge is 0.333 e. The zero-order valence-electron chi connectivity index (χ0n) is 11.1. The molecule has 0 unspecified atom stereocenters. The zero-order valence-corrected chi connectivity index (χ0v) is 11.1. The molecule has 0 N–H and O–H groups in total. The lowest BCUT2D eigenvalue weighted by Gasteiger charge is -2.21. The third-order valence-corrected chi connectivity index (χ3v) is 4.08. The summed E-state index contributed by atoms with van der Waals surface area (Å²) in [6.45, 7) is 4.22. The number of hydrogen-bond donors (Lipinski definition) is 0. The molecule has 2 amide bonds. The van der Waals surface area contributed by atoms with Crippen molar-refractivity contribution in [3.05, 3.63) is 35.4 Å². The van der Waals surface area contributed by atoms with Crippen LogP contribution in [0.3, 0.4) is 0 Å². The molecule has 1 atom stereocenters. The lowest BCUT2D eigenvalue weighted by atomic mass is 10.1. The second-order valence-corrected chi connectivity index (χ2v) is 5.47. The van der Waals surface area contributed by atoms with Gasteiger partial charge in [0.25, 0.3) is 0 Å². The minimum Gasteiger partial charge on any atom is -0.333 e. The lowest BCUT2D eigenvalue weighted by Crippen LogP contribution is -2.39. The fourth-order valence-corrected chi connectivity index (χ4v) is 2.82. The van der Waals surface area contributed by atoms with Crippen LogP contribution in [0.5, 0.6) is 0 Å². The van der Waals surface area contributed by atoms with Crippen LogP contribution in [0.25, 0.3) is 0 Å². The third-order valence-electron chi connectivity index (χ3n) is 4.08. The summed E-state index contributed by atoms with van der Waals surface area (Å²) in [5, 5.41) is 0. The number of nitrogens with zero attached hydrogens (tertiary/aromatic N) is 2. The molecule has 1 fully saturated rings. The predicted octanol–water partition coefficient (Wildman–Crippen LogP) is 1.40.